The van der Waals surface area contributed by atoms with Crippen molar-refractivity contribution in [2.75, 3.05) is 12.3 Å². The molecule has 7 heteroatoms. The van der Waals surface area contributed by atoms with Crippen LogP contribution in [-0.2, 0) is 16.6 Å². The number of hydrogen-bond donors (Lipinski definition) is 2. The highest BCUT2D eigenvalue weighted by atomic mass is 16.5. The van der Waals surface area contributed by atoms with Crippen molar-refractivity contribution in [2.24, 2.45) is 12.8 Å². The number of nitrogens with two attached hydrogens (primary N) is 2. The van der Waals surface area contributed by atoms with E-state index in [-0.39, 0.29) is 11.4 Å². The van der Waals surface area contributed by atoms with Crippen molar-refractivity contribution in [1.29, 1.82) is 0 Å². The Bertz CT molecular complexity index is 410. The lowest BCUT2D eigenvalue weighted by molar-refractivity contribution is -0.121. The Morgan fingerprint density at radius 2 is 2.13 bits per heavy atom. The average molecular weight is 212 g/mol. The molecule has 0 atom stereocenters. The average Bonchev–Trinajstić information content (AvgIpc) is 2.37. The molecule has 1 aromatic rings. The van der Waals surface area contributed by atoms with Crippen LogP contribution >= 0.6 is 0 Å². The van der Waals surface area contributed by atoms with Crippen LogP contribution in [0.1, 0.15) is 16.2 Å². The van der Waals surface area contributed by atoms with Gasteiger partial charge >= 0.3 is 5.97 Å². The molecule has 0 radical (unpaired) electrons. The number of nitrogen functional groups attached to an aromatic ring is 1. The molecule has 1 amide bonds. The van der Waals surface area contributed by atoms with E-state index in [1.165, 1.54) is 4.68 Å². The molecule has 0 aliphatic carbocycles. The lowest BCUT2D eigenvalue weighted by Crippen LogP contribution is -2.22. The normalized spacial score (nSPS) is 10.0. The van der Waals surface area contributed by atoms with Crippen LogP contribution in [0.15, 0.2) is 0 Å². The summed E-state index contributed by atoms with van der Waals surface area (Å²) in [6.45, 7) is 1.20. The third kappa shape index (κ3) is 2.25. The van der Waals surface area contributed by atoms with E-state index in [1.807, 2.05) is 0 Å². The standard InChI is InChI=1S/C8H12N4O3/c1-4-6(10)7(12(2)11-4)8(14)15-3-5(9)13/h3,10H2,1-2H3,(H2,9,13). The Morgan fingerprint density at radius 3 is 2.53 bits per heavy atom. The van der Waals surface area contributed by atoms with Crippen molar-refractivity contribution >= 4 is 17.6 Å². The Morgan fingerprint density at radius 1 is 1.53 bits per heavy atom. The lowest BCUT2D eigenvalue weighted by atomic mass is 10.3. The van der Waals surface area contributed by atoms with Gasteiger partial charge in [0.15, 0.2) is 12.3 Å². The van der Waals surface area contributed by atoms with Gasteiger partial charge in [-0.05, 0) is 6.92 Å². The topological polar surface area (TPSA) is 113 Å². The number of aryl methyl sites for hydroxylation is 2. The van der Waals surface area contributed by atoms with Gasteiger partial charge in [0.1, 0.15) is 0 Å². The van der Waals surface area contributed by atoms with E-state index in [0.717, 1.165) is 0 Å². The largest absolute Gasteiger partial charge is 0.451 e. The maximum Gasteiger partial charge on any atom is 0.359 e. The van der Waals surface area contributed by atoms with Crippen LogP contribution in [0.3, 0.4) is 0 Å². The molecule has 0 saturated heterocycles. The zero-order valence-electron chi connectivity index (χ0n) is 8.48. The summed E-state index contributed by atoms with van der Waals surface area (Å²) >= 11 is 0. The fraction of sp³-hybridized carbons (Fsp3) is 0.375. The smallest absolute Gasteiger partial charge is 0.359 e. The van der Waals surface area contributed by atoms with Crippen LogP contribution in [0.4, 0.5) is 5.69 Å². The van der Waals surface area contributed by atoms with E-state index in [1.54, 1.807) is 14.0 Å². The number of anilines is 1. The highest BCUT2D eigenvalue weighted by Gasteiger charge is 2.19. The minimum absolute atomic E-state index is 0.119. The number of amides is 1. The second-order valence-electron chi connectivity index (χ2n) is 3.01. The van der Waals surface area contributed by atoms with Crippen molar-refractivity contribution in [1.82, 2.24) is 9.78 Å². The number of carbonyl (C=O) groups excluding carboxylic acids is 2. The lowest BCUT2D eigenvalue weighted by Gasteiger charge is -2.03. The number of rotatable bonds is 3. The number of primary amides is 1. The van der Waals surface area contributed by atoms with Crippen molar-refractivity contribution in [3.63, 3.8) is 0 Å². The van der Waals surface area contributed by atoms with E-state index in [0.29, 0.717) is 5.69 Å². The fourth-order valence-corrected chi connectivity index (χ4v) is 1.12. The van der Waals surface area contributed by atoms with Gasteiger partial charge in [0.05, 0.1) is 11.4 Å². The van der Waals surface area contributed by atoms with E-state index in [9.17, 15) is 9.59 Å². The van der Waals surface area contributed by atoms with Gasteiger partial charge in [-0.3, -0.25) is 9.48 Å². The number of carbonyl (C=O) groups is 2. The number of nitrogens with zero attached hydrogens (tertiary/aromatic N) is 2. The summed E-state index contributed by atoms with van der Waals surface area (Å²) in [5.41, 5.74) is 11.3. The van der Waals surface area contributed by atoms with Gasteiger partial charge < -0.3 is 16.2 Å². The first kappa shape index (κ1) is 11.0. The quantitative estimate of drug-likeness (QED) is 0.621. The first-order valence-corrected chi connectivity index (χ1v) is 4.18. The molecule has 0 bridgehead atoms. The molecule has 82 valence electrons. The summed E-state index contributed by atoms with van der Waals surface area (Å²) < 4.78 is 5.91. The molecule has 1 rings (SSSR count). The Hall–Kier alpha value is -2.05. The first-order chi connectivity index (χ1) is 6.93. The van der Waals surface area contributed by atoms with Crippen LogP contribution in [0.25, 0.3) is 0 Å². The SMILES string of the molecule is Cc1nn(C)c(C(=O)OCC(N)=O)c1N. The zero-order valence-corrected chi connectivity index (χ0v) is 8.48. The van der Waals surface area contributed by atoms with Crippen molar-refractivity contribution in [2.45, 2.75) is 6.92 Å². The molecule has 7 nitrogen and oxygen atoms in total. The highest BCUT2D eigenvalue weighted by molar-refractivity contribution is 5.94. The second-order valence-corrected chi connectivity index (χ2v) is 3.01. The van der Waals surface area contributed by atoms with E-state index >= 15 is 0 Å². The van der Waals surface area contributed by atoms with Crippen LogP contribution in [0.2, 0.25) is 0 Å². The molecular weight excluding hydrogens is 200 g/mol. The van der Waals surface area contributed by atoms with Gasteiger partial charge in [-0.2, -0.15) is 5.10 Å². The Balaban J connectivity index is 2.86. The highest BCUT2D eigenvalue weighted by Crippen LogP contribution is 2.15. The van der Waals surface area contributed by atoms with Gasteiger partial charge in [-0.1, -0.05) is 0 Å². The predicted octanol–water partition coefficient (Wildman–Crippen LogP) is -1.05. The minimum Gasteiger partial charge on any atom is -0.451 e. The van der Waals surface area contributed by atoms with Crippen molar-refractivity contribution < 1.29 is 14.3 Å². The number of ether oxygens (including phenoxy) is 1. The molecule has 0 unspecified atom stereocenters. The molecule has 0 aromatic carbocycles. The molecule has 4 N–H and O–H groups in total. The van der Waals surface area contributed by atoms with Gasteiger partial charge in [-0.15, -0.1) is 0 Å². The summed E-state index contributed by atoms with van der Waals surface area (Å²) in [5.74, 6) is -1.43. The van der Waals surface area contributed by atoms with E-state index in [4.69, 9.17) is 11.5 Å². The molecule has 0 saturated carbocycles. The molecule has 0 spiro atoms. The second kappa shape index (κ2) is 3.99. The Kier molecular flexibility index (Phi) is 2.93. The fourth-order valence-electron chi connectivity index (χ4n) is 1.12. The third-order valence-corrected chi connectivity index (χ3v) is 1.81. The van der Waals surface area contributed by atoms with Gasteiger partial charge in [-0.25, -0.2) is 4.79 Å². The number of hydrogen-bond acceptors (Lipinski definition) is 5. The van der Waals surface area contributed by atoms with Crippen LogP contribution < -0.4 is 11.5 Å². The minimum atomic E-state index is -0.721. The molecule has 15 heavy (non-hydrogen) atoms. The summed E-state index contributed by atoms with van der Waals surface area (Å²) in [4.78, 5) is 21.8. The van der Waals surface area contributed by atoms with Crippen molar-refractivity contribution in [3.8, 4) is 0 Å². The number of esters is 1. The summed E-state index contributed by atoms with van der Waals surface area (Å²) in [7, 11) is 1.56. The first-order valence-electron chi connectivity index (χ1n) is 4.18. The van der Waals surface area contributed by atoms with Gasteiger partial charge in [0.2, 0.25) is 0 Å². The van der Waals surface area contributed by atoms with Crippen LogP contribution in [0.5, 0.6) is 0 Å². The van der Waals surface area contributed by atoms with E-state index < -0.39 is 18.5 Å². The summed E-state index contributed by atoms with van der Waals surface area (Å²) in [6.07, 6.45) is 0. The molecule has 0 aliphatic heterocycles. The summed E-state index contributed by atoms with van der Waals surface area (Å²) in [5, 5.41) is 3.93. The Labute approximate surface area is 86.0 Å². The number of aromatic nitrogens is 2. The monoisotopic (exact) mass is 212 g/mol. The van der Waals surface area contributed by atoms with Crippen molar-refractivity contribution in [3.05, 3.63) is 11.4 Å². The summed E-state index contributed by atoms with van der Waals surface area (Å²) in [6, 6.07) is 0. The van der Waals surface area contributed by atoms with Gasteiger partial charge in [0.25, 0.3) is 5.91 Å². The zero-order chi connectivity index (χ0) is 11.6. The van der Waals surface area contributed by atoms with Crippen LogP contribution in [0, 0.1) is 6.92 Å². The molecule has 1 heterocycles. The predicted molar refractivity (Wildman–Crippen MR) is 51.8 cm³/mol. The molecule has 0 fully saturated rings. The maximum atomic E-state index is 11.4. The van der Waals surface area contributed by atoms with E-state index in [2.05, 4.69) is 9.84 Å². The van der Waals surface area contributed by atoms with Gasteiger partial charge in [0, 0.05) is 7.05 Å². The maximum absolute atomic E-state index is 11.4. The van der Waals surface area contributed by atoms with Crippen LogP contribution in [-0.4, -0.2) is 28.3 Å². The molecule has 0 aliphatic rings. The molecule has 1 aromatic heterocycles. The molecular formula is C8H12N4O3. The third-order valence-electron chi connectivity index (χ3n) is 1.81.